The number of amides is 1. The van der Waals surface area contributed by atoms with Gasteiger partial charge >= 0.3 is 0 Å². The predicted molar refractivity (Wildman–Crippen MR) is 94.0 cm³/mol. The molecule has 0 bridgehead atoms. The summed E-state index contributed by atoms with van der Waals surface area (Å²) in [6, 6.07) is 17.2. The Hall–Kier alpha value is -2.14. The third-order valence-electron chi connectivity index (χ3n) is 3.78. The molecule has 4 nitrogen and oxygen atoms in total. The van der Waals surface area contributed by atoms with Crippen molar-refractivity contribution >= 4 is 21.4 Å². The first kappa shape index (κ1) is 17.2. The van der Waals surface area contributed by atoms with Gasteiger partial charge in [-0.2, -0.15) is 0 Å². The molecule has 0 fully saturated rings. The van der Waals surface area contributed by atoms with E-state index in [-0.39, 0.29) is 0 Å². The average molecular weight is 331 g/mol. The normalized spacial score (nSPS) is 12.9. The first-order chi connectivity index (χ1) is 10.8. The number of rotatable bonds is 5. The fourth-order valence-electron chi connectivity index (χ4n) is 2.18. The second-order valence-corrected chi connectivity index (χ2v) is 8.54. The van der Waals surface area contributed by atoms with Crippen molar-refractivity contribution in [3.63, 3.8) is 0 Å². The van der Waals surface area contributed by atoms with Crippen LogP contribution < -0.4 is 5.32 Å². The Labute approximate surface area is 137 Å². The van der Waals surface area contributed by atoms with E-state index in [9.17, 15) is 13.2 Å². The molecule has 0 aromatic heterocycles. The molecule has 1 N–H and O–H groups in total. The zero-order valence-electron chi connectivity index (χ0n) is 13.5. The second kappa shape index (κ2) is 6.96. The Morgan fingerprint density at radius 3 is 1.91 bits per heavy atom. The summed E-state index contributed by atoms with van der Waals surface area (Å²) in [5.41, 5.74) is 2.70. The highest BCUT2D eigenvalue weighted by Crippen LogP contribution is 2.21. The summed E-state index contributed by atoms with van der Waals surface area (Å²) >= 11 is 0. The number of carbonyl (C=O) groups excluding carboxylic acids is 1. The maximum absolute atomic E-state index is 12.1. The molecule has 0 aliphatic rings. The zero-order valence-corrected chi connectivity index (χ0v) is 14.3. The van der Waals surface area contributed by atoms with E-state index in [4.69, 9.17) is 0 Å². The van der Waals surface area contributed by atoms with Crippen molar-refractivity contribution in [1.82, 2.24) is 0 Å². The first-order valence-corrected chi connectivity index (χ1v) is 9.12. The summed E-state index contributed by atoms with van der Waals surface area (Å²) in [4.78, 5) is 12.1. The van der Waals surface area contributed by atoms with Crippen molar-refractivity contribution in [2.75, 3.05) is 5.32 Å². The van der Waals surface area contributed by atoms with E-state index in [0.29, 0.717) is 5.69 Å². The molecular weight excluding hydrogens is 310 g/mol. The van der Waals surface area contributed by atoms with Crippen molar-refractivity contribution < 1.29 is 13.2 Å². The van der Waals surface area contributed by atoms with Gasteiger partial charge in [0.1, 0.15) is 5.25 Å². The number of hydrogen-bond acceptors (Lipinski definition) is 3. The van der Waals surface area contributed by atoms with Crippen LogP contribution in [-0.2, 0) is 14.6 Å². The number of nitrogens with one attached hydrogen (secondary N) is 1. The maximum Gasteiger partial charge on any atom is 0.242 e. The molecule has 0 radical (unpaired) electrons. The van der Waals surface area contributed by atoms with Gasteiger partial charge in [-0.25, -0.2) is 8.42 Å². The predicted octanol–water partition coefficient (Wildman–Crippen LogP) is 3.50. The summed E-state index contributed by atoms with van der Waals surface area (Å²) < 4.78 is 24.1. The van der Waals surface area contributed by atoms with Crippen molar-refractivity contribution in [1.29, 1.82) is 0 Å². The molecule has 0 aliphatic carbocycles. The summed E-state index contributed by atoms with van der Waals surface area (Å²) in [6.07, 6.45) is 0. The van der Waals surface area contributed by atoms with Gasteiger partial charge in [0.2, 0.25) is 5.91 Å². The van der Waals surface area contributed by atoms with E-state index in [2.05, 4.69) is 5.32 Å². The lowest BCUT2D eigenvalue weighted by molar-refractivity contribution is -0.115. The first-order valence-electron chi connectivity index (χ1n) is 7.51. The third kappa shape index (κ3) is 3.99. The van der Waals surface area contributed by atoms with Crippen LogP contribution in [0.3, 0.4) is 0 Å². The molecule has 2 aromatic carbocycles. The number of sulfone groups is 1. The van der Waals surface area contributed by atoms with Crippen LogP contribution in [0.4, 0.5) is 5.69 Å². The largest absolute Gasteiger partial charge is 0.325 e. The summed E-state index contributed by atoms with van der Waals surface area (Å²) in [5.74, 6) is -0.508. The molecule has 1 atom stereocenters. The minimum absolute atomic E-state index is 0.508. The molecule has 0 aliphatic heterocycles. The van der Waals surface area contributed by atoms with Gasteiger partial charge in [-0.3, -0.25) is 4.79 Å². The third-order valence-corrected chi connectivity index (χ3v) is 6.29. The molecule has 0 heterocycles. The molecule has 122 valence electrons. The van der Waals surface area contributed by atoms with Crippen LogP contribution in [0.5, 0.6) is 0 Å². The monoisotopic (exact) mass is 331 g/mol. The highest BCUT2D eigenvalue weighted by atomic mass is 32.2. The van der Waals surface area contributed by atoms with E-state index in [0.717, 1.165) is 11.1 Å². The van der Waals surface area contributed by atoms with Crippen molar-refractivity contribution in [3.8, 4) is 11.1 Å². The van der Waals surface area contributed by atoms with Gasteiger partial charge in [-0.05, 0) is 44.0 Å². The van der Waals surface area contributed by atoms with Crippen LogP contribution in [0.25, 0.3) is 11.1 Å². The van der Waals surface area contributed by atoms with Crippen LogP contribution in [0.15, 0.2) is 54.6 Å². The number of anilines is 1. The maximum atomic E-state index is 12.1. The van der Waals surface area contributed by atoms with Crippen LogP contribution >= 0.6 is 0 Å². The smallest absolute Gasteiger partial charge is 0.242 e. The Balaban J connectivity index is 2.11. The van der Waals surface area contributed by atoms with Crippen LogP contribution in [0.1, 0.15) is 20.8 Å². The molecule has 0 spiro atoms. The molecular formula is C18H21NO3S. The fourth-order valence-corrected chi connectivity index (χ4v) is 3.35. The van der Waals surface area contributed by atoms with E-state index in [1.807, 2.05) is 42.5 Å². The lowest BCUT2D eigenvalue weighted by atomic mass is 10.1. The molecule has 5 heteroatoms. The molecule has 1 amide bonds. The minimum atomic E-state index is -3.46. The molecule has 2 rings (SSSR count). The Morgan fingerprint density at radius 1 is 0.870 bits per heavy atom. The number of hydrogen-bond donors (Lipinski definition) is 1. The Morgan fingerprint density at radius 2 is 1.39 bits per heavy atom. The quantitative estimate of drug-likeness (QED) is 0.912. The molecule has 2 aromatic rings. The van der Waals surface area contributed by atoms with E-state index < -0.39 is 26.2 Å². The molecule has 0 saturated heterocycles. The van der Waals surface area contributed by atoms with Gasteiger partial charge in [0.15, 0.2) is 9.84 Å². The lowest BCUT2D eigenvalue weighted by Gasteiger charge is -2.15. The lowest BCUT2D eigenvalue weighted by Crippen LogP contribution is -2.36. The van der Waals surface area contributed by atoms with Gasteiger partial charge in [0.25, 0.3) is 0 Å². The van der Waals surface area contributed by atoms with E-state index in [1.165, 1.54) is 6.92 Å². The summed E-state index contributed by atoms with van der Waals surface area (Å²) in [7, 11) is -3.46. The zero-order chi connectivity index (χ0) is 17.0. The average Bonchev–Trinajstić information content (AvgIpc) is 2.55. The molecule has 0 saturated carbocycles. The van der Waals surface area contributed by atoms with E-state index >= 15 is 0 Å². The van der Waals surface area contributed by atoms with Crippen LogP contribution in [0.2, 0.25) is 0 Å². The molecule has 1 unspecified atom stereocenters. The van der Waals surface area contributed by atoms with E-state index in [1.54, 1.807) is 26.0 Å². The van der Waals surface area contributed by atoms with Gasteiger partial charge < -0.3 is 5.32 Å². The SMILES string of the molecule is CC(C)S(=O)(=O)C(C)C(=O)Nc1ccc(-c2ccccc2)cc1. The van der Waals surface area contributed by atoms with Crippen LogP contribution in [0, 0.1) is 0 Å². The Bertz CT molecular complexity index is 766. The van der Waals surface area contributed by atoms with Gasteiger partial charge in [-0.1, -0.05) is 42.5 Å². The summed E-state index contributed by atoms with van der Waals surface area (Å²) in [5, 5.41) is 1.01. The van der Waals surface area contributed by atoms with Crippen molar-refractivity contribution in [2.45, 2.75) is 31.3 Å². The highest BCUT2D eigenvalue weighted by molar-refractivity contribution is 7.93. The summed E-state index contributed by atoms with van der Waals surface area (Å²) in [6.45, 7) is 4.57. The van der Waals surface area contributed by atoms with Crippen molar-refractivity contribution in [2.24, 2.45) is 0 Å². The number of benzene rings is 2. The molecule has 23 heavy (non-hydrogen) atoms. The fraction of sp³-hybridized carbons (Fsp3) is 0.278. The topological polar surface area (TPSA) is 63.2 Å². The van der Waals surface area contributed by atoms with Gasteiger partial charge in [-0.15, -0.1) is 0 Å². The van der Waals surface area contributed by atoms with Crippen molar-refractivity contribution in [3.05, 3.63) is 54.6 Å². The van der Waals surface area contributed by atoms with Gasteiger partial charge in [0.05, 0.1) is 5.25 Å². The van der Waals surface area contributed by atoms with Crippen LogP contribution in [-0.4, -0.2) is 24.8 Å². The second-order valence-electron chi connectivity index (χ2n) is 5.71. The number of carbonyl (C=O) groups is 1. The minimum Gasteiger partial charge on any atom is -0.325 e. The standard InChI is InChI=1S/C18H21NO3S/c1-13(2)23(21,22)14(3)18(20)19-17-11-9-16(10-12-17)15-7-5-4-6-8-15/h4-14H,1-3H3,(H,19,20). The Kier molecular flexibility index (Phi) is 5.21. The van der Waals surface area contributed by atoms with Gasteiger partial charge in [0, 0.05) is 5.69 Å². The highest BCUT2D eigenvalue weighted by Gasteiger charge is 2.30.